The fraction of sp³-hybridized carbons (Fsp3) is 0.429. The van der Waals surface area contributed by atoms with Gasteiger partial charge in [0.25, 0.3) is 5.91 Å². The molecule has 1 atom stereocenters. The van der Waals surface area contributed by atoms with Gasteiger partial charge in [0, 0.05) is 23.8 Å². The molecule has 3 N–H and O–H groups in total. The molecule has 5 heteroatoms. The molecule has 0 saturated carbocycles. The summed E-state index contributed by atoms with van der Waals surface area (Å²) in [5.74, 6) is 0.0142. The Kier molecular flexibility index (Phi) is 4.04. The minimum Gasteiger partial charge on any atom is -0.351 e. The van der Waals surface area contributed by atoms with Crippen LogP contribution in [0.15, 0.2) is 24.3 Å². The third-order valence-corrected chi connectivity index (χ3v) is 3.44. The van der Waals surface area contributed by atoms with E-state index in [9.17, 15) is 9.59 Å². The Labute approximate surface area is 112 Å². The van der Waals surface area contributed by atoms with Gasteiger partial charge < -0.3 is 16.0 Å². The van der Waals surface area contributed by atoms with Crippen molar-refractivity contribution in [1.82, 2.24) is 4.90 Å². The number of nitrogens with one attached hydrogen (secondary N) is 1. The second kappa shape index (κ2) is 5.73. The number of primary amides is 1. The normalized spacial score (nSPS) is 19.0. The number of hydrogen-bond donors (Lipinski definition) is 2. The number of hydrogen-bond acceptors (Lipinski definition) is 2. The van der Waals surface area contributed by atoms with Crippen molar-refractivity contribution < 1.29 is 9.59 Å². The number of benzene rings is 1. The highest BCUT2D eigenvalue weighted by Gasteiger charge is 2.24. The van der Waals surface area contributed by atoms with Crippen molar-refractivity contribution in [3.63, 3.8) is 0 Å². The molecule has 1 aliphatic rings. The number of urea groups is 1. The van der Waals surface area contributed by atoms with Crippen LogP contribution in [0.2, 0.25) is 0 Å². The lowest BCUT2D eigenvalue weighted by molar-refractivity contribution is 0.0635. The van der Waals surface area contributed by atoms with E-state index in [1.54, 1.807) is 24.3 Å². The highest BCUT2D eigenvalue weighted by Crippen LogP contribution is 2.20. The van der Waals surface area contributed by atoms with Crippen LogP contribution in [0.25, 0.3) is 0 Å². The maximum absolute atomic E-state index is 12.4. The molecule has 0 spiro atoms. The van der Waals surface area contributed by atoms with Gasteiger partial charge in [-0.3, -0.25) is 4.79 Å². The average Bonchev–Trinajstić information content (AvgIpc) is 2.38. The lowest BCUT2D eigenvalue weighted by Gasteiger charge is -2.33. The Hall–Kier alpha value is -2.04. The van der Waals surface area contributed by atoms with E-state index in [0.717, 1.165) is 19.4 Å². The smallest absolute Gasteiger partial charge is 0.316 e. The van der Waals surface area contributed by atoms with Gasteiger partial charge in [0.2, 0.25) is 0 Å². The number of carbonyl (C=O) groups excluding carboxylic acids is 2. The first-order valence-corrected chi connectivity index (χ1v) is 6.55. The Balaban J connectivity index is 2.16. The predicted octanol–water partition coefficient (Wildman–Crippen LogP) is 2.19. The second-order valence-corrected chi connectivity index (χ2v) is 4.91. The first-order chi connectivity index (χ1) is 9.08. The minimum absolute atomic E-state index is 0.0142. The van der Waals surface area contributed by atoms with Crippen LogP contribution >= 0.6 is 0 Å². The maximum Gasteiger partial charge on any atom is 0.316 e. The van der Waals surface area contributed by atoms with Gasteiger partial charge in [-0.05, 0) is 44.4 Å². The van der Waals surface area contributed by atoms with Crippen LogP contribution in [0.5, 0.6) is 0 Å². The van der Waals surface area contributed by atoms with E-state index >= 15 is 0 Å². The van der Waals surface area contributed by atoms with Crippen molar-refractivity contribution in [1.29, 1.82) is 0 Å². The van der Waals surface area contributed by atoms with Gasteiger partial charge in [-0.2, -0.15) is 0 Å². The third kappa shape index (κ3) is 3.24. The molecule has 2 rings (SSSR count). The standard InChI is InChI=1S/C14H19N3O2/c1-10-5-2-3-8-17(10)13(18)11-6-4-7-12(9-11)16-14(15)19/h4,6-7,9-10H,2-3,5,8H2,1H3,(H3,15,16,19). The van der Waals surface area contributed by atoms with Crippen molar-refractivity contribution in [3.05, 3.63) is 29.8 Å². The summed E-state index contributed by atoms with van der Waals surface area (Å²) in [4.78, 5) is 25.1. The molecule has 1 unspecified atom stereocenters. The molecule has 0 aliphatic carbocycles. The zero-order chi connectivity index (χ0) is 13.8. The van der Waals surface area contributed by atoms with Gasteiger partial charge in [-0.1, -0.05) is 6.07 Å². The van der Waals surface area contributed by atoms with Crippen LogP contribution in [-0.2, 0) is 0 Å². The fourth-order valence-corrected chi connectivity index (χ4v) is 2.44. The Bertz CT molecular complexity index is 487. The fourth-order valence-electron chi connectivity index (χ4n) is 2.44. The van der Waals surface area contributed by atoms with Gasteiger partial charge in [0.15, 0.2) is 0 Å². The van der Waals surface area contributed by atoms with E-state index < -0.39 is 6.03 Å². The number of nitrogens with zero attached hydrogens (tertiary/aromatic N) is 1. The number of carbonyl (C=O) groups is 2. The number of amides is 3. The summed E-state index contributed by atoms with van der Waals surface area (Å²) >= 11 is 0. The van der Waals surface area contributed by atoms with Crippen LogP contribution in [0, 0.1) is 0 Å². The van der Waals surface area contributed by atoms with Crippen molar-refractivity contribution in [2.75, 3.05) is 11.9 Å². The molecular formula is C14H19N3O2. The van der Waals surface area contributed by atoms with Gasteiger partial charge in [0.05, 0.1) is 0 Å². The average molecular weight is 261 g/mol. The molecule has 1 fully saturated rings. The molecule has 102 valence electrons. The van der Waals surface area contributed by atoms with Crippen molar-refractivity contribution >= 4 is 17.6 Å². The van der Waals surface area contributed by atoms with Gasteiger partial charge in [0.1, 0.15) is 0 Å². The first kappa shape index (κ1) is 13.4. The monoisotopic (exact) mass is 261 g/mol. The summed E-state index contributed by atoms with van der Waals surface area (Å²) < 4.78 is 0. The van der Waals surface area contributed by atoms with Gasteiger partial charge in [-0.25, -0.2) is 4.79 Å². The van der Waals surface area contributed by atoms with Crippen LogP contribution in [-0.4, -0.2) is 29.4 Å². The van der Waals surface area contributed by atoms with Gasteiger partial charge in [-0.15, -0.1) is 0 Å². The van der Waals surface area contributed by atoms with Crippen LogP contribution in [0.3, 0.4) is 0 Å². The summed E-state index contributed by atoms with van der Waals surface area (Å²) in [6, 6.07) is 6.52. The Morgan fingerprint density at radius 1 is 1.37 bits per heavy atom. The summed E-state index contributed by atoms with van der Waals surface area (Å²) in [6.07, 6.45) is 3.27. The van der Waals surface area contributed by atoms with E-state index in [2.05, 4.69) is 12.2 Å². The lowest BCUT2D eigenvalue weighted by atomic mass is 10.0. The molecule has 5 nitrogen and oxygen atoms in total. The molecule has 1 aromatic carbocycles. The second-order valence-electron chi connectivity index (χ2n) is 4.91. The van der Waals surface area contributed by atoms with E-state index in [1.807, 2.05) is 4.90 Å². The summed E-state index contributed by atoms with van der Waals surface area (Å²) in [5, 5.41) is 2.48. The zero-order valence-electron chi connectivity index (χ0n) is 11.1. The molecule has 1 aromatic rings. The van der Waals surface area contributed by atoms with Crippen LogP contribution in [0.1, 0.15) is 36.5 Å². The largest absolute Gasteiger partial charge is 0.351 e. The highest BCUT2D eigenvalue weighted by atomic mass is 16.2. The SMILES string of the molecule is CC1CCCCN1C(=O)c1cccc(NC(N)=O)c1. The first-order valence-electron chi connectivity index (χ1n) is 6.55. The number of anilines is 1. The van der Waals surface area contributed by atoms with Crippen molar-refractivity contribution in [2.24, 2.45) is 5.73 Å². The van der Waals surface area contributed by atoms with Crippen molar-refractivity contribution in [2.45, 2.75) is 32.2 Å². The van der Waals surface area contributed by atoms with E-state index in [-0.39, 0.29) is 11.9 Å². The highest BCUT2D eigenvalue weighted by molar-refractivity contribution is 5.96. The molecule has 1 saturated heterocycles. The van der Waals surface area contributed by atoms with Crippen molar-refractivity contribution in [3.8, 4) is 0 Å². The summed E-state index contributed by atoms with van der Waals surface area (Å²) in [7, 11) is 0. The number of piperidine rings is 1. The molecule has 1 heterocycles. The molecule has 19 heavy (non-hydrogen) atoms. The quantitative estimate of drug-likeness (QED) is 0.856. The molecule has 0 bridgehead atoms. The van der Waals surface area contributed by atoms with Gasteiger partial charge >= 0.3 is 6.03 Å². The molecule has 3 amide bonds. The zero-order valence-corrected chi connectivity index (χ0v) is 11.1. The molecular weight excluding hydrogens is 242 g/mol. The number of nitrogens with two attached hydrogens (primary N) is 1. The van der Waals surface area contributed by atoms with Crippen LogP contribution in [0.4, 0.5) is 10.5 Å². The topological polar surface area (TPSA) is 75.4 Å². The van der Waals surface area contributed by atoms with E-state index in [1.165, 1.54) is 6.42 Å². The predicted molar refractivity (Wildman–Crippen MR) is 74.0 cm³/mol. The molecule has 0 aromatic heterocycles. The van der Waals surface area contributed by atoms with E-state index in [0.29, 0.717) is 11.3 Å². The number of likely N-dealkylation sites (tertiary alicyclic amines) is 1. The molecule has 0 radical (unpaired) electrons. The maximum atomic E-state index is 12.4. The Morgan fingerprint density at radius 3 is 2.84 bits per heavy atom. The third-order valence-electron chi connectivity index (χ3n) is 3.44. The number of rotatable bonds is 2. The lowest BCUT2D eigenvalue weighted by Crippen LogP contribution is -2.42. The molecule has 1 aliphatic heterocycles. The minimum atomic E-state index is -0.629. The summed E-state index contributed by atoms with van der Waals surface area (Å²) in [6.45, 7) is 2.87. The van der Waals surface area contributed by atoms with Crippen LogP contribution < -0.4 is 11.1 Å². The summed E-state index contributed by atoms with van der Waals surface area (Å²) in [5.41, 5.74) is 6.20. The Morgan fingerprint density at radius 2 is 2.16 bits per heavy atom. The van der Waals surface area contributed by atoms with E-state index in [4.69, 9.17) is 5.73 Å².